The van der Waals surface area contributed by atoms with E-state index in [2.05, 4.69) is 29.6 Å². The molecule has 0 spiro atoms. The molecule has 1 N–H and O–H groups in total. The minimum Gasteiger partial charge on any atom is -0.326 e. The van der Waals surface area contributed by atoms with Gasteiger partial charge in [-0.15, -0.1) is 0 Å². The number of rotatable bonds is 6. The van der Waals surface area contributed by atoms with E-state index in [-0.39, 0.29) is 17.7 Å². The summed E-state index contributed by atoms with van der Waals surface area (Å²) in [6.07, 6.45) is 2.97. The first-order valence-electron chi connectivity index (χ1n) is 10.5. The lowest BCUT2D eigenvalue weighted by Gasteiger charge is -2.26. The van der Waals surface area contributed by atoms with Gasteiger partial charge in [0.25, 0.3) is 0 Å². The van der Waals surface area contributed by atoms with Crippen LogP contribution in [-0.4, -0.2) is 18.4 Å². The quantitative estimate of drug-likeness (QED) is 0.607. The van der Waals surface area contributed by atoms with Crippen LogP contribution in [0, 0.1) is 0 Å². The molecule has 3 aromatic rings. The second kappa shape index (κ2) is 9.40. The van der Waals surface area contributed by atoms with Crippen LogP contribution in [0.5, 0.6) is 0 Å². The van der Waals surface area contributed by atoms with Gasteiger partial charge < -0.3 is 10.2 Å². The molecule has 1 heterocycles. The Hall–Kier alpha value is -3.40. The fourth-order valence-corrected chi connectivity index (χ4v) is 4.00. The molecule has 30 heavy (non-hydrogen) atoms. The molecule has 1 fully saturated rings. The summed E-state index contributed by atoms with van der Waals surface area (Å²) in [6.45, 7) is 0.764. The van der Waals surface area contributed by atoms with Crippen molar-refractivity contribution in [1.82, 2.24) is 0 Å². The average molecular weight is 399 g/mol. The maximum Gasteiger partial charge on any atom is 0.226 e. The van der Waals surface area contributed by atoms with Crippen molar-refractivity contribution in [2.45, 2.75) is 31.6 Å². The molecular formula is C26H26N2O2. The summed E-state index contributed by atoms with van der Waals surface area (Å²) in [4.78, 5) is 26.8. The second-order valence-electron chi connectivity index (χ2n) is 7.68. The summed E-state index contributed by atoms with van der Waals surface area (Å²) >= 11 is 0. The summed E-state index contributed by atoms with van der Waals surface area (Å²) in [7, 11) is 0. The van der Waals surface area contributed by atoms with Gasteiger partial charge in [0.1, 0.15) is 0 Å². The van der Waals surface area contributed by atoms with Gasteiger partial charge in [-0.25, -0.2) is 0 Å². The van der Waals surface area contributed by atoms with Crippen molar-refractivity contribution >= 4 is 23.2 Å². The molecule has 0 atom stereocenters. The molecule has 4 rings (SSSR count). The van der Waals surface area contributed by atoms with Crippen molar-refractivity contribution in [3.05, 3.63) is 96.1 Å². The van der Waals surface area contributed by atoms with Gasteiger partial charge in [0.2, 0.25) is 11.8 Å². The summed E-state index contributed by atoms with van der Waals surface area (Å²) in [6, 6.07) is 27.8. The first kappa shape index (κ1) is 19.9. The van der Waals surface area contributed by atoms with Gasteiger partial charge in [-0.3, -0.25) is 9.59 Å². The summed E-state index contributed by atoms with van der Waals surface area (Å²) < 4.78 is 0. The summed E-state index contributed by atoms with van der Waals surface area (Å²) in [5.41, 5.74) is 3.88. The highest BCUT2D eigenvalue weighted by Gasteiger charge is 2.20. The number of nitrogens with zero attached hydrogens (tertiary/aromatic N) is 1. The number of hydrogen-bond donors (Lipinski definition) is 1. The molecule has 152 valence electrons. The Morgan fingerprint density at radius 1 is 0.833 bits per heavy atom. The highest BCUT2D eigenvalue weighted by atomic mass is 16.2. The first-order chi connectivity index (χ1) is 14.7. The second-order valence-corrected chi connectivity index (χ2v) is 7.68. The van der Waals surface area contributed by atoms with E-state index in [0.29, 0.717) is 12.8 Å². The van der Waals surface area contributed by atoms with Crippen LogP contribution in [-0.2, 0) is 9.59 Å². The number of piperidine rings is 1. The number of nitrogens with one attached hydrogen (secondary N) is 1. The van der Waals surface area contributed by atoms with Crippen molar-refractivity contribution in [1.29, 1.82) is 0 Å². The Balaban J connectivity index is 1.45. The van der Waals surface area contributed by atoms with E-state index >= 15 is 0 Å². The van der Waals surface area contributed by atoms with Crippen molar-refractivity contribution in [3.8, 4) is 0 Å². The highest BCUT2D eigenvalue weighted by Crippen LogP contribution is 2.29. The molecule has 1 aliphatic heterocycles. The molecule has 0 saturated carbocycles. The standard InChI is InChI=1S/C26H26N2O2/c29-25(19-24(20-9-3-1-4-10-20)21-11-5-2-6-12-21)27-22-14-16-23(17-15-22)28-18-8-7-13-26(28)30/h1-6,9-12,14-17,24H,7-8,13,18-19H2,(H,27,29). The van der Waals surface area contributed by atoms with E-state index in [0.717, 1.165) is 41.9 Å². The lowest BCUT2D eigenvalue weighted by Crippen LogP contribution is -2.35. The third kappa shape index (κ3) is 4.77. The van der Waals surface area contributed by atoms with Gasteiger partial charge in [0, 0.05) is 36.7 Å². The summed E-state index contributed by atoms with van der Waals surface area (Å²) in [5.74, 6) is 0.138. The molecule has 4 heteroatoms. The fraction of sp³-hybridized carbons (Fsp3) is 0.231. The number of amides is 2. The van der Waals surface area contributed by atoms with E-state index < -0.39 is 0 Å². The zero-order valence-corrected chi connectivity index (χ0v) is 17.0. The number of hydrogen-bond acceptors (Lipinski definition) is 2. The van der Waals surface area contributed by atoms with E-state index in [1.807, 2.05) is 65.6 Å². The molecule has 2 amide bonds. The Morgan fingerprint density at radius 2 is 1.43 bits per heavy atom. The Bertz CT molecular complexity index is 945. The number of benzene rings is 3. The average Bonchev–Trinajstić information content (AvgIpc) is 2.80. The monoisotopic (exact) mass is 398 g/mol. The Kier molecular flexibility index (Phi) is 6.23. The smallest absolute Gasteiger partial charge is 0.226 e. The van der Waals surface area contributed by atoms with E-state index in [1.54, 1.807) is 0 Å². The van der Waals surface area contributed by atoms with Crippen LogP contribution in [0.25, 0.3) is 0 Å². The van der Waals surface area contributed by atoms with Crippen molar-refractivity contribution < 1.29 is 9.59 Å². The molecule has 4 nitrogen and oxygen atoms in total. The maximum atomic E-state index is 12.8. The molecule has 0 aromatic heterocycles. The van der Waals surface area contributed by atoms with Crippen LogP contribution in [0.4, 0.5) is 11.4 Å². The largest absolute Gasteiger partial charge is 0.326 e. The first-order valence-corrected chi connectivity index (χ1v) is 10.5. The van der Waals surface area contributed by atoms with E-state index in [1.165, 1.54) is 0 Å². The zero-order valence-electron chi connectivity index (χ0n) is 17.0. The number of carbonyl (C=O) groups is 2. The third-order valence-corrected chi connectivity index (χ3v) is 5.58. The normalized spacial score (nSPS) is 14.0. The molecular weight excluding hydrogens is 372 g/mol. The van der Waals surface area contributed by atoms with E-state index in [9.17, 15) is 9.59 Å². The lowest BCUT2D eigenvalue weighted by molar-refractivity contribution is -0.119. The summed E-state index contributed by atoms with van der Waals surface area (Å²) in [5, 5.41) is 3.01. The van der Waals surface area contributed by atoms with Crippen molar-refractivity contribution in [2.24, 2.45) is 0 Å². The predicted octanol–water partition coefficient (Wildman–Crippen LogP) is 5.36. The molecule has 0 radical (unpaired) electrons. The number of anilines is 2. The fourth-order valence-electron chi connectivity index (χ4n) is 4.00. The topological polar surface area (TPSA) is 49.4 Å². The van der Waals surface area contributed by atoms with Gasteiger partial charge >= 0.3 is 0 Å². The molecule has 0 bridgehead atoms. The molecule has 3 aromatic carbocycles. The highest BCUT2D eigenvalue weighted by molar-refractivity contribution is 5.95. The van der Waals surface area contributed by atoms with E-state index in [4.69, 9.17) is 0 Å². The van der Waals surface area contributed by atoms with Gasteiger partial charge in [0.05, 0.1) is 0 Å². The van der Waals surface area contributed by atoms with Crippen LogP contribution in [0.1, 0.15) is 42.7 Å². The minimum atomic E-state index is -0.0329. The lowest BCUT2D eigenvalue weighted by atomic mass is 9.88. The molecule has 0 unspecified atom stereocenters. The van der Waals surface area contributed by atoms with Crippen LogP contribution in [0.3, 0.4) is 0 Å². The van der Waals surface area contributed by atoms with Gasteiger partial charge in [-0.2, -0.15) is 0 Å². The predicted molar refractivity (Wildman–Crippen MR) is 121 cm³/mol. The maximum absolute atomic E-state index is 12.8. The van der Waals surface area contributed by atoms with Gasteiger partial charge in [-0.1, -0.05) is 60.7 Å². The van der Waals surface area contributed by atoms with Crippen LogP contribution in [0.15, 0.2) is 84.9 Å². The Labute approximate surface area is 177 Å². The molecule has 1 saturated heterocycles. The number of carbonyl (C=O) groups excluding carboxylic acids is 2. The zero-order chi connectivity index (χ0) is 20.8. The SMILES string of the molecule is O=C(CC(c1ccccc1)c1ccccc1)Nc1ccc(N2CCCCC2=O)cc1. The van der Waals surface area contributed by atoms with Crippen LogP contribution in [0.2, 0.25) is 0 Å². The minimum absolute atomic E-state index is 0.00218. The van der Waals surface area contributed by atoms with Crippen LogP contribution >= 0.6 is 0 Å². The van der Waals surface area contributed by atoms with Gasteiger partial charge in [0.15, 0.2) is 0 Å². The molecule has 0 aliphatic carbocycles. The van der Waals surface area contributed by atoms with Crippen LogP contribution < -0.4 is 10.2 Å². The Morgan fingerprint density at radius 3 is 2.00 bits per heavy atom. The third-order valence-electron chi connectivity index (χ3n) is 5.58. The van der Waals surface area contributed by atoms with Crippen molar-refractivity contribution in [3.63, 3.8) is 0 Å². The molecule has 1 aliphatic rings. The van der Waals surface area contributed by atoms with Crippen molar-refractivity contribution in [2.75, 3.05) is 16.8 Å². The van der Waals surface area contributed by atoms with Gasteiger partial charge in [-0.05, 0) is 48.2 Å².